The lowest BCUT2D eigenvalue weighted by molar-refractivity contribution is -0.135. The summed E-state index contributed by atoms with van der Waals surface area (Å²) in [4.78, 5) is 29.1. The lowest BCUT2D eigenvalue weighted by Crippen LogP contribution is -2.43. The van der Waals surface area contributed by atoms with E-state index in [2.05, 4.69) is 26.2 Å². The molecule has 0 aliphatic carbocycles. The molecule has 1 aromatic carbocycles. The second-order valence-corrected chi connectivity index (χ2v) is 6.14. The maximum atomic E-state index is 12.4. The topological polar surface area (TPSA) is 64.0 Å². The molecule has 22 heavy (non-hydrogen) atoms. The third-order valence-electron chi connectivity index (χ3n) is 4.02. The van der Waals surface area contributed by atoms with Crippen LogP contribution in [0.2, 0.25) is 0 Å². The number of para-hydroxylation sites is 1. The molecule has 0 saturated carbocycles. The highest BCUT2D eigenvalue weighted by molar-refractivity contribution is 9.10. The first-order valence-corrected chi connectivity index (χ1v) is 7.81. The van der Waals surface area contributed by atoms with Crippen LogP contribution in [-0.4, -0.2) is 27.8 Å². The summed E-state index contributed by atoms with van der Waals surface area (Å²) >= 11 is 3.55. The lowest BCUT2D eigenvalue weighted by atomic mass is 10.0. The van der Waals surface area contributed by atoms with Gasteiger partial charge < -0.3 is 9.88 Å². The van der Waals surface area contributed by atoms with E-state index < -0.39 is 6.04 Å². The zero-order chi connectivity index (χ0) is 15.3. The number of carbonyl (C=O) groups is 2. The molecule has 1 unspecified atom stereocenters. The van der Waals surface area contributed by atoms with Gasteiger partial charge in [0.05, 0.1) is 5.52 Å². The molecule has 1 atom stereocenters. The van der Waals surface area contributed by atoms with Crippen LogP contribution in [0.25, 0.3) is 21.9 Å². The van der Waals surface area contributed by atoms with E-state index in [0.717, 1.165) is 20.8 Å². The second kappa shape index (κ2) is 4.91. The van der Waals surface area contributed by atoms with Gasteiger partial charge in [-0.05, 0) is 28.1 Å². The molecule has 1 N–H and O–H groups in total. The van der Waals surface area contributed by atoms with Crippen molar-refractivity contribution in [3.05, 3.63) is 41.0 Å². The number of aromatic nitrogens is 2. The van der Waals surface area contributed by atoms with Crippen molar-refractivity contribution in [2.24, 2.45) is 0 Å². The molecule has 5 nitrogen and oxygen atoms in total. The molecular weight excluding hydrogens is 346 g/mol. The number of benzene rings is 1. The highest BCUT2D eigenvalue weighted by Gasteiger charge is 2.34. The highest BCUT2D eigenvalue weighted by atomic mass is 79.9. The second-order valence-electron chi connectivity index (χ2n) is 5.29. The van der Waals surface area contributed by atoms with Gasteiger partial charge in [0.25, 0.3) is 5.91 Å². The van der Waals surface area contributed by atoms with Crippen molar-refractivity contribution < 1.29 is 9.59 Å². The fraction of sp³-hybridized carbons (Fsp3) is 0.188. The van der Waals surface area contributed by atoms with E-state index in [1.54, 1.807) is 10.8 Å². The number of hydrogen-bond acceptors (Lipinski definition) is 3. The number of ketones is 1. The maximum Gasteiger partial charge on any atom is 0.250 e. The molecule has 1 amide bonds. The largest absolute Gasteiger partial charge is 0.353 e. The number of rotatable bonds is 1. The quantitative estimate of drug-likeness (QED) is 0.680. The lowest BCUT2D eigenvalue weighted by Gasteiger charge is -2.23. The van der Waals surface area contributed by atoms with Crippen LogP contribution in [0.15, 0.2) is 41.0 Å². The van der Waals surface area contributed by atoms with Crippen LogP contribution in [0.4, 0.5) is 0 Å². The van der Waals surface area contributed by atoms with Crippen LogP contribution < -0.4 is 5.32 Å². The fourth-order valence-electron chi connectivity index (χ4n) is 3.08. The molecule has 0 bridgehead atoms. The van der Waals surface area contributed by atoms with E-state index >= 15 is 0 Å². The van der Waals surface area contributed by atoms with Gasteiger partial charge >= 0.3 is 0 Å². The maximum absolute atomic E-state index is 12.4. The summed E-state index contributed by atoms with van der Waals surface area (Å²) in [5.74, 6) is -0.339. The Bertz CT molecular complexity index is 916. The summed E-state index contributed by atoms with van der Waals surface area (Å²) in [5.41, 5.74) is 1.48. The minimum atomic E-state index is -0.849. The molecule has 0 spiro atoms. The molecule has 2 aromatic heterocycles. The zero-order valence-corrected chi connectivity index (χ0v) is 13.1. The number of Topliss-reactive ketones (excluding diaryl/α,β-unsaturated/α-hetero) is 1. The Hall–Kier alpha value is -2.21. The predicted octanol–water partition coefficient (Wildman–Crippen LogP) is 2.58. The molecule has 1 fully saturated rings. The zero-order valence-electron chi connectivity index (χ0n) is 11.5. The normalized spacial score (nSPS) is 18.9. The number of carbonyl (C=O) groups excluding carboxylic acids is 2. The van der Waals surface area contributed by atoms with Crippen molar-refractivity contribution in [1.82, 2.24) is 14.9 Å². The number of nitrogens with one attached hydrogen (secondary N) is 1. The number of fused-ring (bicyclic) bond motifs is 3. The van der Waals surface area contributed by atoms with Gasteiger partial charge in [-0.3, -0.25) is 9.59 Å². The Morgan fingerprint density at radius 3 is 2.86 bits per heavy atom. The van der Waals surface area contributed by atoms with Crippen LogP contribution in [0, 0.1) is 0 Å². The van der Waals surface area contributed by atoms with Gasteiger partial charge in [-0.15, -0.1) is 0 Å². The molecule has 4 rings (SSSR count). The van der Waals surface area contributed by atoms with Crippen molar-refractivity contribution in [2.75, 3.05) is 6.54 Å². The van der Waals surface area contributed by atoms with E-state index in [-0.39, 0.29) is 11.7 Å². The van der Waals surface area contributed by atoms with Gasteiger partial charge in [0.1, 0.15) is 5.65 Å². The molecule has 1 aliphatic rings. The Kier molecular flexibility index (Phi) is 3.00. The van der Waals surface area contributed by atoms with Gasteiger partial charge in [0.2, 0.25) is 0 Å². The van der Waals surface area contributed by atoms with Crippen LogP contribution >= 0.6 is 15.9 Å². The number of amides is 1. The van der Waals surface area contributed by atoms with Crippen LogP contribution in [0.5, 0.6) is 0 Å². The number of pyridine rings is 1. The first-order chi connectivity index (χ1) is 10.7. The first kappa shape index (κ1) is 13.5. The smallest absolute Gasteiger partial charge is 0.250 e. The molecule has 1 aliphatic heterocycles. The van der Waals surface area contributed by atoms with E-state index in [9.17, 15) is 9.59 Å². The van der Waals surface area contributed by atoms with Gasteiger partial charge in [-0.2, -0.15) is 0 Å². The summed E-state index contributed by atoms with van der Waals surface area (Å²) in [5, 5.41) is 4.67. The standard InChI is InChI=1S/C16H12BrN3O2/c17-10-5-7-18-15-13(10)9-3-1-2-4-11(9)20(15)14-12(21)6-8-19-16(14)22/h1-5,7,14H,6,8H2,(H,19,22). The summed E-state index contributed by atoms with van der Waals surface area (Å²) in [6, 6.07) is 8.75. The Balaban J connectivity index is 2.13. The monoisotopic (exact) mass is 357 g/mol. The van der Waals surface area contributed by atoms with Crippen molar-refractivity contribution in [2.45, 2.75) is 12.5 Å². The number of halogens is 1. The summed E-state index contributed by atoms with van der Waals surface area (Å²) in [6.45, 7) is 0.405. The molecule has 1 saturated heterocycles. The van der Waals surface area contributed by atoms with Crippen molar-refractivity contribution in [1.29, 1.82) is 0 Å². The fourth-order valence-corrected chi connectivity index (χ4v) is 3.59. The molecule has 3 aromatic rings. The van der Waals surface area contributed by atoms with Crippen LogP contribution in [0.1, 0.15) is 12.5 Å². The van der Waals surface area contributed by atoms with Gasteiger partial charge in [-0.25, -0.2) is 4.98 Å². The molecule has 3 heterocycles. The van der Waals surface area contributed by atoms with E-state index in [1.165, 1.54) is 0 Å². The van der Waals surface area contributed by atoms with E-state index in [0.29, 0.717) is 18.6 Å². The predicted molar refractivity (Wildman–Crippen MR) is 86.6 cm³/mol. The molecule has 110 valence electrons. The average Bonchev–Trinajstić information content (AvgIpc) is 2.83. The van der Waals surface area contributed by atoms with Crippen molar-refractivity contribution in [3.63, 3.8) is 0 Å². The summed E-state index contributed by atoms with van der Waals surface area (Å²) in [7, 11) is 0. The van der Waals surface area contributed by atoms with Crippen LogP contribution in [0.3, 0.4) is 0 Å². The molecular formula is C16H12BrN3O2. The number of nitrogens with zero attached hydrogens (tertiary/aromatic N) is 2. The Labute approximate surface area is 134 Å². The third kappa shape index (κ3) is 1.80. The summed E-state index contributed by atoms with van der Waals surface area (Å²) in [6.07, 6.45) is 2.02. The molecule has 6 heteroatoms. The molecule has 0 radical (unpaired) electrons. The SMILES string of the molecule is O=C1CCNC(=O)C1n1c2ccccc2c2c(Br)ccnc21. The third-order valence-corrected chi connectivity index (χ3v) is 4.68. The van der Waals surface area contributed by atoms with Crippen molar-refractivity contribution in [3.8, 4) is 0 Å². The number of piperidine rings is 1. The highest BCUT2D eigenvalue weighted by Crippen LogP contribution is 2.35. The first-order valence-electron chi connectivity index (χ1n) is 7.02. The van der Waals surface area contributed by atoms with E-state index in [4.69, 9.17) is 0 Å². The van der Waals surface area contributed by atoms with Gasteiger partial charge in [-0.1, -0.05) is 18.2 Å². The van der Waals surface area contributed by atoms with Gasteiger partial charge in [0.15, 0.2) is 11.8 Å². The minimum absolute atomic E-state index is 0.0758. The van der Waals surface area contributed by atoms with E-state index in [1.807, 2.05) is 30.3 Å². The summed E-state index contributed by atoms with van der Waals surface area (Å²) < 4.78 is 2.66. The van der Waals surface area contributed by atoms with Crippen LogP contribution in [-0.2, 0) is 9.59 Å². The Morgan fingerprint density at radius 2 is 2.05 bits per heavy atom. The minimum Gasteiger partial charge on any atom is -0.353 e. The average molecular weight is 358 g/mol. The van der Waals surface area contributed by atoms with Gasteiger partial charge in [0, 0.05) is 34.4 Å². The number of hydrogen-bond donors (Lipinski definition) is 1. The Morgan fingerprint density at radius 1 is 1.23 bits per heavy atom. The van der Waals surface area contributed by atoms with Crippen molar-refractivity contribution >= 4 is 49.6 Å².